The van der Waals surface area contributed by atoms with Crippen molar-refractivity contribution < 1.29 is 8.42 Å². The molecule has 0 radical (unpaired) electrons. The van der Waals surface area contributed by atoms with Gasteiger partial charge in [0.1, 0.15) is 0 Å². The molecule has 2 aliphatic heterocycles. The highest BCUT2D eigenvalue weighted by Crippen LogP contribution is 2.41. The van der Waals surface area contributed by atoms with E-state index in [1.807, 2.05) is 0 Å². The Bertz CT molecular complexity index is 586. The standard InChI is InChI=1S/C17H26N2O2S/c1-2-22(20,21)19-14-10-17(11-15-19,18-12-6-7-13-18)16-8-4-3-5-9-16/h3-5,8-9H,2,6-7,10-15H2,1H3. The van der Waals surface area contributed by atoms with Crippen LogP contribution in [0.1, 0.15) is 38.2 Å². The molecule has 4 nitrogen and oxygen atoms in total. The van der Waals surface area contributed by atoms with Crippen molar-refractivity contribution in [2.45, 2.75) is 38.1 Å². The van der Waals surface area contributed by atoms with Gasteiger partial charge >= 0.3 is 0 Å². The Morgan fingerprint density at radius 3 is 2.14 bits per heavy atom. The average molecular weight is 322 g/mol. The number of hydrogen-bond donors (Lipinski definition) is 0. The van der Waals surface area contributed by atoms with Gasteiger partial charge in [0, 0.05) is 18.6 Å². The molecule has 0 bridgehead atoms. The third-order valence-electron chi connectivity index (χ3n) is 5.33. The molecule has 0 atom stereocenters. The Labute approximate surface area is 134 Å². The smallest absolute Gasteiger partial charge is 0.213 e. The molecule has 0 unspecified atom stereocenters. The minimum absolute atomic E-state index is 0.0253. The third kappa shape index (κ3) is 2.82. The number of hydrogen-bond acceptors (Lipinski definition) is 3. The Morgan fingerprint density at radius 2 is 1.59 bits per heavy atom. The summed E-state index contributed by atoms with van der Waals surface area (Å²) in [5.74, 6) is 0.203. The van der Waals surface area contributed by atoms with Crippen molar-refractivity contribution in [2.75, 3.05) is 31.9 Å². The van der Waals surface area contributed by atoms with E-state index in [4.69, 9.17) is 0 Å². The van der Waals surface area contributed by atoms with Crippen molar-refractivity contribution in [3.8, 4) is 0 Å². The molecule has 1 aromatic rings. The maximum absolute atomic E-state index is 12.1. The highest BCUT2D eigenvalue weighted by Gasteiger charge is 2.43. The number of nitrogens with zero attached hydrogens (tertiary/aromatic N) is 2. The van der Waals surface area contributed by atoms with Crippen LogP contribution in [0.5, 0.6) is 0 Å². The Morgan fingerprint density at radius 1 is 1.00 bits per heavy atom. The van der Waals surface area contributed by atoms with Crippen LogP contribution in [-0.4, -0.2) is 49.6 Å². The lowest BCUT2D eigenvalue weighted by Crippen LogP contribution is -2.53. The largest absolute Gasteiger partial charge is 0.293 e. The molecule has 0 saturated carbocycles. The van der Waals surface area contributed by atoms with E-state index in [-0.39, 0.29) is 11.3 Å². The van der Waals surface area contributed by atoms with Crippen LogP contribution >= 0.6 is 0 Å². The van der Waals surface area contributed by atoms with Gasteiger partial charge in [-0.05, 0) is 51.3 Å². The SMILES string of the molecule is CCS(=O)(=O)N1CCC(c2ccccc2)(N2CCCC2)CC1. The van der Waals surface area contributed by atoms with Crippen molar-refractivity contribution in [1.29, 1.82) is 0 Å². The second-order valence-corrected chi connectivity index (χ2v) is 8.65. The van der Waals surface area contributed by atoms with Crippen molar-refractivity contribution >= 4 is 10.0 Å². The van der Waals surface area contributed by atoms with E-state index in [0.717, 1.165) is 25.9 Å². The maximum Gasteiger partial charge on any atom is 0.213 e. The van der Waals surface area contributed by atoms with Gasteiger partial charge < -0.3 is 0 Å². The van der Waals surface area contributed by atoms with Crippen LogP contribution in [0.2, 0.25) is 0 Å². The summed E-state index contributed by atoms with van der Waals surface area (Å²) >= 11 is 0. The summed E-state index contributed by atoms with van der Waals surface area (Å²) < 4.78 is 26.0. The maximum atomic E-state index is 12.1. The second kappa shape index (κ2) is 6.30. The van der Waals surface area contributed by atoms with Gasteiger partial charge in [-0.25, -0.2) is 12.7 Å². The Hall–Kier alpha value is -0.910. The van der Waals surface area contributed by atoms with Gasteiger partial charge in [-0.15, -0.1) is 0 Å². The molecule has 0 amide bonds. The van der Waals surface area contributed by atoms with E-state index in [0.29, 0.717) is 13.1 Å². The fourth-order valence-electron chi connectivity index (χ4n) is 4.00. The van der Waals surface area contributed by atoms with Crippen molar-refractivity contribution in [3.05, 3.63) is 35.9 Å². The molecule has 22 heavy (non-hydrogen) atoms. The van der Waals surface area contributed by atoms with Crippen molar-refractivity contribution in [1.82, 2.24) is 9.21 Å². The highest BCUT2D eigenvalue weighted by atomic mass is 32.2. The molecule has 1 aromatic carbocycles. The van der Waals surface area contributed by atoms with Crippen molar-refractivity contribution in [2.24, 2.45) is 0 Å². The molecule has 2 heterocycles. The van der Waals surface area contributed by atoms with Crippen LogP contribution in [0.4, 0.5) is 0 Å². The topological polar surface area (TPSA) is 40.6 Å². The summed E-state index contributed by atoms with van der Waals surface area (Å²) in [7, 11) is -3.06. The lowest BCUT2D eigenvalue weighted by Gasteiger charge is -2.47. The predicted molar refractivity (Wildman–Crippen MR) is 89.2 cm³/mol. The summed E-state index contributed by atoms with van der Waals surface area (Å²) in [5.41, 5.74) is 1.38. The van der Waals surface area contributed by atoms with Crippen LogP contribution < -0.4 is 0 Å². The van der Waals surface area contributed by atoms with Crippen LogP contribution in [-0.2, 0) is 15.6 Å². The van der Waals surface area contributed by atoms with Gasteiger partial charge in [0.15, 0.2) is 0 Å². The zero-order chi connectivity index (χ0) is 15.6. The fraction of sp³-hybridized carbons (Fsp3) is 0.647. The van der Waals surface area contributed by atoms with E-state index in [9.17, 15) is 8.42 Å². The molecule has 2 aliphatic rings. The average Bonchev–Trinajstić information content (AvgIpc) is 3.11. The van der Waals surface area contributed by atoms with E-state index in [2.05, 4.69) is 35.2 Å². The molecule has 5 heteroatoms. The number of rotatable bonds is 4. The quantitative estimate of drug-likeness (QED) is 0.855. The van der Waals surface area contributed by atoms with E-state index in [1.165, 1.54) is 18.4 Å². The van der Waals surface area contributed by atoms with Crippen LogP contribution in [0.25, 0.3) is 0 Å². The van der Waals surface area contributed by atoms with Crippen molar-refractivity contribution in [3.63, 3.8) is 0 Å². The molecule has 2 saturated heterocycles. The van der Waals surface area contributed by atoms with Gasteiger partial charge in [0.25, 0.3) is 0 Å². The minimum Gasteiger partial charge on any atom is -0.293 e. The third-order valence-corrected chi connectivity index (χ3v) is 7.21. The first-order valence-corrected chi connectivity index (χ1v) is 9.98. The Balaban J connectivity index is 1.87. The van der Waals surface area contributed by atoms with E-state index < -0.39 is 10.0 Å². The number of benzene rings is 1. The number of piperidine rings is 1. The molecule has 0 aliphatic carbocycles. The van der Waals surface area contributed by atoms with Crippen LogP contribution in [0.15, 0.2) is 30.3 Å². The summed E-state index contributed by atoms with van der Waals surface area (Å²) in [5, 5.41) is 0. The first kappa shape index (κ1) is 16.0. The summed E-state index contributed by atoms with van der Waals surface area (Å²) in [6.45, 7) is 5.28. The molecule has 3 rings (SSSR count). The zero-order valence-corrected chi connectivity index (χ0v) is 14.2. The van der Waals surface area contributed by atoms with E-state index >= 15 is 0 Å². The molecule has 122 valence electrons. The number of sulfonamides is 1. The lowest BCUT2D eigenvalue weighted by molar-refractivity contribution is 0.0573. The predicted octanol–water partition coefficient (Wildman–Crippen LogP) is 2.42. The zero-order valence-electron chi connectivity index (χ0n) is 13.4. The first-order valence-electron chi connectivity index (χ1n) is 8.37. The van der Waals surface area contributed by atoms with Gasteiger partial charge in [0.05, 0.1) is 5.75 Å². The summed E-state index contributed by atoms with van der Waals surface area (Å²) in [6.07, 6.45) is 4.31. The number of likely N-dealkylation sites (tertiary alicyclic amines) is 1. The summed E-state index contributed by atoms with van der Waals surface area (Å²) in [6, 6.07) is 10.7. The van der Waals surface area contributed by atoms with Gasteiger partial charge in [-0.1, -0.05) is 30.3 Å². The molecule has 0 N–H and O–H groups in total. The fourth-order valence-corrected chi connectivity index (χ4v) is 5.10. The molecular formula is C17H26N2O2S. The van der Waals surface area contributed by atoms with E-state index in [1.54, 1.807) is 11.2 Å². The second-order valence-electron chi connectivity index (χ2n) is 6.39. The Kier molecular flexibility index (Phi) is 4.57. The lowest BCUT2D eigenvalue weighted by atomic mass is 9.80. The molecule has 0 aromatic heterocycles. The molecule has 2 fully saturated rings. The van der Waals surface area contributed by atoms with Crippen LogP contribution in [0, 0.1) is 0 Å². The molecule has 0 spiro atoms. The monoisotopic (exact) mass is 322 g/mol. The van der Waals surface area contributed by atoms with Gasteiger partial charge in [-0.2, -0.15) is 0 Å². The van der Waals surface area contributed by atoms with Crippen LogP contribution in [0.3, 0.4) is 0 Å². The summed E-state index contributed by atoms with van der Waals surface area (Å²) in [4.78, 5) is 2.60. The minimum atomic E-state index is -3.06. The highest BCUT2D eigenvalue weighted by molar-refractivity contribution is 7.89. The van der Waals surface area contributed by atoms with Gasteiger partial charge in [-0.3, -0.25) is 4.90 Å². The van der Waals surface area contributed by atoms with Gasteiger partial charge in [0.2, 0.25) is 10.0 Å². The molecular weight excluding hydrogens is 296 g/mol. The first-order chi connectivity index (χ1) is 10.6. The normalized spacial score (nSPS) is 23.7.